The molecular weight excluding hydrogens is 424 g/mol. The van der Waals surface area contributed by atoms with Crippen LogP contribution < -0.4 is 10.1 Å². The average Bonchev–Trinajstić information content (AvgIpc) is 2.94. The largest absolute Gasteiger partial charge is 0.497 e. The molecule has 0 aromatic heterocycles. The van der Waals surface area contributed by atoms with Crippen LogP contribution in [0.25, 0.3) is 0 Å². The van der Waals surface area contributed by atoms with E-state index in [2.05, 4.69) is 21.2 Å². The molecule has 2 aromatic rings. The number of β-amino-alcohol motifs (C(OH)–C–C–N with tert-alkyl or cyclic N) is 1. The van der Waals surface area contributed by atoms with Crippen LogP contribution in [0.3, 0.4) is 0 Å². The second-order valence-corrected chi connectivity index (χ2v) is 7.31. The molecule has 2 aromatic carbocycles. The number of halogens is 1. The molecule has 0 saturated carbocycles. The Kier molecular flexibility index (Phi) is 6.16. The number of nitrogens with one attached hydrogen (secondary N) is 1. The van der Waals surface area contributed by atoms with Crippen molar-refractivity contribution in [2.75, 3.05) is 25.6 Å². The number of Topliss-reactive ketones (excluding diaryl/α,β-unsaturated/α-hetero) is 1. The number of hydrogen-bond donors (Lipinski definition) is 2. The van der Waals surface area contributed by atoms with Gasteiger partial charge in [0.05, 0.1) is 25.3 Å². The Labute approximate surface area is 171 Å². The number of nitrogens with zero attached hydrogens (tertiary/aromatic N) is 1. The molecule has 1 unspecified atom stereocenters. The smallest absolute Gasteiger partial charge is 0.295 e. The highest BCUT2D eigenvalue weighted by Gasteiger charge is 2.44. The second-order valence-electron chi connectivity index (χ2n) is 6.40. The Balaban J connectivity index is 2.02. The van der Waals surface area contributed by atoms with Crippen LogP contribution in [0.2, 0.25) is 0 Å². The number of ether oxygens (including phenoxy) is 1. The fourth-order valence-electron chi connectivity index (χ4n) is 3.31. The lowest BCUT2D eigenvalue weighted by atomic mass is 9.97. The molecule has 0 radical (unpaired) electrons. The lowest BCUT2D eigenvalue weighted by molar-refractivity contribution is -0.140. The van der Waals surface area contributed by atoms with E-state index >= 15 is 0 Å². The number of ketones is 1. The van der Waals surface area contributed by atoms with Gasteiger partial charge in [0.25, 0.3) is 11.7 Å². The van der Waals surface area contributed by atoms with E-state index in [0.29, 0.717) is 11.3 Å². The Morgan fingerprint density at radius 2 is 1.79 bits per heavy atom. The molecule has 1 saturated heterocycles. The summed E-state index contributed by atoms with van der Waals surface area (Å²) in [6.45, 7) is 1.65. The van der Waals surface area contributed by atoms with Crippen molar-refractivity contribution >= 4 is 33.3 Å². The molecule has 28 heavy (non-hydrogen) atoms. The van der Waals surface area contributed by atoms with Gasteiger partial charge < -0.3 is 20.1 Å². The van der Waals surface area contributed by atoms with Gasteiger partial charge in [0.1, 0.15) is 5.75 Å². The van der Waals surface area contributed by atoms with Gasteiger partial charge in [-0.15, -0.1) is 0 Å². The SMILES string of the molecule is COc1ccc(N/C(C)=C2\C(=O)C(=O)N(CCO)C2c2ccc(Br)cc2)cc1. The van der Waals surface area contributed by atoms with E-state index in [1.54, 1.807) is 14.0 Å². The van der Waals surface area contributed by atoms with Crippen LogP contribution in [0.1, 0.15) is 18.5 Å². The van der Waals surface area contributed by atoms with Gasteiger partial charge in [0, 0.05) is 22.4 Å². The second kappa shape index (κ2) is 8.58. The first kappa shape index (κ1) is 20.1. The topological polar surface area (TPSA) is 78.9 Å². The number of rotatable bonds is 6. The predicted molar refractivity (Wildman–Crippen MR) is 110 cm³/mol. The van der Waals surface area contributed by atoms with Gasteiger partial charge in [-0.1, -0.05) is 28.1 Å². The van der Waals surface area contributed by atoms with Gasteiger partial charge in [-0.25, -0.2) is 0 Å². The minimum absolute atomic E-state index is 0.0879. The predicted octanol–water partition coefficient (Wildman–Crippen LogP) is 3.29. The number of likely N-dealkylation sites (tertiary alicyclic amines) is 1. The highest BCUT2D eigenvalue weighted by Crippen LogP contribution is 2.38. The molecule has 1 amide bonds. The number of benzene rings is 2. The fraction of sp³-hybridized carbons (Fsp3) is 0.238. The standard InChI is InChI=1S/C21H21BrN2O4/c1-13(23-16-7-9-17(28-2)10-8-16)18-19(14-3-5-15(22)6-4-14)24(11-12-25)21(27)20(18)26/h3-10,19,23,25H,11-12H2,1-2H3/b18-13-. The molecule has 0 bridgehead atoms. The van der Waals surface area contributed by atoms with Crippen LogP contribution in [0, 0.1) is 0 Å². The zero-order chi connectivity index (χ0) is 20.3. The molecule has 7 heteroatoms. The Hall–Kier alpha value is -2.64. The monoisotopic (exact) mass is 444 g/mol. The molecule has 2 N–H and O–H groups in total. The molecule has 0 aliphatic carbocycles. The van der Waals surface area contributed by atoms with Gasteiger partial charge in [-0.3, -0.25) is 9.59 Å². The first-order valence-corrected chi connectivity index (χ1v) is 9.59. The van der Waals surface area contributed by atoms with Crippen molar-refractivity contribution < 1.29 is 19.4 Å². The van der Waals surface area contributed by atoms with Gasteiger partial charge in [0.15, 0.2) is 0 Å². The first-order valence-electron chi connectivity index (χ1n) is 8.79. The molecule has 6 nitrogen and oxygen atoms in total. The quantitative estimate of drug-likeness (QED) is 0.527. The Morgan fingerprint density at radius 1 is 1.14 bits per heavy atom. The van der Waals surface area contributed by atoms with E-state index in [4.69, 9.17) is 4.74 Å². The molecule has 1 aliphatic rings. The van der Waals surface area contributed by atoms with E-state index < -0.39 is 17.7 Å². The lowest BCUT2D eigenvalue weighted by Gasteiger charge is -2.25. The van der Waals surface area contributed by atoms with Gasteiger partial charge in [0.2, 0.25) is 0 Å². The summed E-state index contributed by atoms with van der Waals surface area (Å²) >= 11 is 3.40. The first-order chi connectivity index (χ1) is 13.5. The number of aliphatic hydroxyl groups excluding tert-OH is 1. The maximum atomic E-state index is 12.8. The summed E-state index contributed by atoms with van der Waals surface area (Å²) in [5, 5.41) is 12.6. The van der Waals surface area contributed by atoms with Crippen LogP contribution >= 0.6 is 15.9 Å². The maximum absolute atomic E-state index is 12.8. The number of methoxy groups -OCH3 is 1. The van der Waals surface area contributed by atoms with Gasteiger partial charge in [-0.2, -0.15) is 0 Å². The number of anilines is 1. The highest BCUT2D eigenvalue weighted by molar-refractivity contribution is 9.10. The van der Waals surface area contributed by atoms with E-state index in [1.165, 1.54) is 4.90 Å². The van der Waals surface area contributed by atoms with Crippen molar-refractivity contribution in [1.29, 1.82) is 0 Å². The van der Waals surface area contributed by atoms with Crippen molar-refractivity contribution in [3.63, 3.8) is 0 Å². The summed E-state index contributed by atoms with van der Waals surface area (Å²) in [5.74, 6) is -0.433. The number of aliphatic hydroxyl groups is 1. The molecule has 0 spiro atoms. The van der Waals surface area contributed by atoms with Crippen molar-refractivity contribution in [2.24, 2.45) is 0 Å². The molecule has 1 atom stereocenters. The molecule has 3 rings (SSSR count). The number of allylic oxidation sites excluding steroid dienone is 1. The van der Waals surface area contributed by atoms with Crippen LogP contribution in [-0.4, -0.2) is 42.0 Å². The van der Waals surface area contributed by atoms with Gasteiger partial charge in [-0.05, 0) is 48.9 Å². The molecule has 1 aliphatic heterocycles. The van der Waals surface area contributed by atoms with E-state index in [1.807, 2.05) is 48.5 Å². The summed E-state index contributed by atoms with van der Waals surface area (Å²) < 4.78 is 6.06. The highest BCUT2D eigenvalue weighted by atomic mass is 79.9. The summed E-state index contributed by atoms with van der Waals surface area (Å²) in [5.41, 5.74) is 2.57. The molecular formula is C21H21BrN2O4. The summed E-state index contributed by atoms with van der Waals surface area (Å²) in [4.78, 5) is 26.8. The summed E-state index contributed by atoms with van der Waals surface area (Å²) in [6.07, 6.45) is 0. The van der Waals surface area contributed by atoms with E-state index in [0.717, 1.165) is 21.5 Å². The number of carbonyl (C=O) groups is 2. The Morgan fingerprint density at radius 3 is 2.36 bits per heavy atom. The minimum atomic E-state index is -0.604. The minimum Gasteiger partial charge on any atom is -0.497 e. The van der Waals surface area contributed by atoms with Gasteiger partial charge >= 0.3 is 0 Å². The molecule has 1 heterocycles. The number of carbonyl (C=O) groups excluding carboxylic acids is 2. The van der Waals surface area contributed by atoms with Crippen LogP contribution in [0.4, 0.5) is 5.69 Å². The Bertz CT molecular complexity index is 907. The van der Waals surface area contributed by atoms with Crippen LogP contribution in [0.15, 0.2) is 64.3 Å². The van der Waals surface area contributed by atoms with Crippen LogP contribution in [0.5, 0.6) is 5.75 Å². The fourth-order valence-corrected chi connectivity index (χ4v) is 3.57. The normalized spacial score (nSPS) is 18.4. The third-order valence-electron chi connectivity index (χ3n) is 4.64. The zero-order valence-corrected chi connectivity index (χ0v) is 17.2. The third kappa shape index (κ3) is 3.95. The maximum Gasteiger partial charge on any atom is 0.295 e. The molecule has 1 fully saturated rings. The zero-order valence-electron chi connectivity index (χ0n) is 15.6. The number of amides is 1. The van der Waals surface area contributed by atoms with Crippen molar-refractivity contribution in [2.45, 2.75) is 13.0 Å². The van der Waals surface area contributed by atoms with Crippen LogP contribution in [-0.2, 0) is 9.59 Å². The number of hydrogen-bond acceptors (Lipinski definition) is 5. The lowest BCUT2D eigenvalue weighted by Crippen LogP contribution is -2.32. The van der Waals surface area contributed by atoms with Crippen molar-refractivity contribution in [1.82, 2.24) is 4.90 Å². The average molecular weight is 445 g/mol. The van der Waals surface area contributed by atoms with E-state index in [-0.39, 0.29) is 13.2 Å². The van der Waals surface area contributed by atoms with Crippen molar-refractivity contribution in [3.05, 3.63) is 69.8 Å². The molecule has 146 valence electrons. The summed E-state index contributed by atoms with van der Waals surface area (Å²) in [6, 6.07) is 14.2. The third-order valence-corrected chi connectivity index (χ3v) is 5.17. The van der Waals surface area contributed by atoms with Crippen molar-refractivity contribution in [3.8, 4) is 5.75 Å². The summed E-state index contributed by atoms with van der Waals surface area (Å²) in [7, 11) is 1.59. The van der Waals surface area contributed by atoms with E-state index in [9.17, 15) is 14.7 Å².